The quantitative estimate of drug-likeness (QED) is 0.649. The second-order valence-corrected chi connectivity index (χ2v) is 6.06. The predicted molar refractivity (Wildman–Crippen MR) is 91.6 cm³/mol. The summed E-state index contributed by atoms with van der Waals surface area (Å²) < 4.78 is 5.74. The van der Waals surface area contributed by atoms with E-state index in [4.69, 9.17) is 4.74 Å². The number of rotatable bonds is 2. The average Bonchev–Trinajstić information content (AvgIpc) is 2.62. The predicted octanol–water partition coefficient (Wildman–Crippen LogP) is 4.55. The third-order valence-corrected chi connectivity index (χ3v) is 4.59. The molecule has 1 aliphatic carbocycles. The lowest BCUT2D eigenvalue weighted by atomic mass is 9.86. The highest BCUT2D eigenvalue weighted by molar-refractivity contribution is 5.90. The van der Waals surface area contributed by atoms with Crippen LogP contribution in [0, 0.1) is 0 Å². The molecule has 0 saturated heterocycles. The number of ether oxygens (including phenoxy) is 1. The number of aryl methyl sites for hydroxylation is 1. The van der Waals surface area contributed by atoms with E-state index in [-0.39, 0.29) is 12.1 Å². The summed E-state index contributed by atoms with van der Waals surface area (Å²) in [5, 5.41) is 2.53. The first-order valence-electron chi connectivity index (χ1n) is 8.07. The normalized spacial score (nSPS) is 16.8. The number of fused-ring (bicyclic) bond motifs is 3. The Balaban J connectivity index is 1.59. The van der Waals surface area contributed by atoms with Gasteiger partial charge in [-0.05, 0) is 46.9 Å². The average molecular weight is 302 g/mol. The van der Waals surface area contributed by atoms with E-state index in [1.807, 2.05) is 18.2 Å². The van der Waals surface area contributed by atoms with E-state index in [0.29, 0.717) is 5.56 Å². The molecule has 0 aliphatic heterocycles. The standard InChI is InChI=1S/C21H18O2/c22-21(17-7-2-1-3-8-17)23-18-13-12-16-11-10-15-6-4-5-9-19(15)20(16)14-18/h1-11,18H,12-14H2. The van der Waals surface area contributed by atoms with Gasteiger partial charge in [-0.2, -0.15) is 0 Å². The van der Waals surface area contributed by atoms with E-state index in [2.05, 4.69) is 36.4 Å². The number of esters is 1. The van der Waals surface area contributed by atoms with E-state index in [1.54, 1.807) is 12.1 Å². The van der Waals surface area contributed by atoms with Gasteiger partial charge in [0, 0.05) is 6.42 Å². The van der Waals surface area contributed by atoms with Crippen molar-refractivity contribution in [2.75, 3.05) is 0 Å². The Kier molecular flexibility index (Phi) is 3.58. The lowest BCUT2D eigenvalue weighted by Gasteiger charge is -2.26. The lowest BCUT2D eigenvalue weighted by Crippen LogP contribution is -2.25. The summed E-state index contributed by atoms with van der Waals surface area (Å²) in [5.74, 6) is -0.223. The summed E-state index contributed by atoms with van der Waals surface area (Å²) in [6.45, 7) is 0. The molecule has 0 radical (unpaired) electrons. The second-order valence-electron chi connectivity index (χ2n) is 6.06. The Morgan fingerprint density at radius 3 is 2.57 bits per heavy atom. The van der Waals surface area contributed by atoms with Crippen molar-refractivity contribution < 1.29 is 9.53 Å². The molecule has 3 aromatic rings. The molecule has 0 bridgehead atoms. The molecule has 0 spiro atoms. The zero-order valence-electron chi connectivity index (χ0n) is 12.9. The van der Waals surface area contributed by atoms with Gasteiger partial charge in [-0.25, -0.2) is 4.79 Å². The van der Waals surface area contributed by atoms with Gasteiger partial charge in [0.15, 0.2) is 0 Å². The molecule has 0 aromatic heterocycles. The Morgan fingerprint density at radius 1 is 0.913 bits per heavy atom. The SMILES string of the molecule is O=C(OC1CCc2ccc3ccccc3c2C1)c1ccccc1. The van der Waals surface area contributed by atoms with Crippen molar-refractivity contribution in [3.8, 4) is 0 Å². The van der Waals surface area contributed by atoms with E-state index in [9.17, 15) is 4.79 Å². The summed E-state index contributed by atoms with van der Waals surface area (Å²) in [6, 6.07) is 22.1. The van der Waals surface area contributed by atoms with Crippen molar-refractivity contribution in [2.45, 2.75) is 25.4 Å². The summed E-state index contributed by atoms with van der Waals surface area (Å²) in [6.07, 6.45) is 2.62. The molecule has 0 amide bonds. The molecule has 1 atom stereocenters. The van der Waals surface area contributed by atoms with Crippen molar-refractivity contribution in [3.63, 3.8) is 0 Å². The highest BCUT2D eigenvalue weighted by Gasteiger charge is 2.23. The second kappa shape index (κ2) is 5.88. The van der Waals surface area contributed by atoms with Gasteiger partial charge in [-0.1, -0.05) is 54.6 Å². The first kappa shape index (κ1) is 14.0. The van der Waals surface area contributed by atoms with E-state index < -0.39 is 0 Å². The van der Waals surface area contributed by atoms with Crippen LogP contribution in [0.5, 0.6) is 0 Å². The van der Waals surface area contributed by atoms with Crippen LogP contribution in [0.2, 0.25) is 0 Å². The van der Waals surface area contributed by atoms with Gasteiger partial charge < -0.3 is 4.74 Å². The van der Waals surface area contributed by atoms with Crippen molar-refractivity contribution in [2.24, 2.45) is 0 Å². The summed E-state index contributed by atoms with van der Waals surface area (Å²) in [7, 11) is 0. The number of hydrogen-bond donors (Lipinski definition) is 0. The molecule has 2 heteroatoms. The molecule has 1 aliphatic rings. The minimum atomic E-state index is -0.223. The topological polar surface area (TPSA) is 26.3 Å². The summed E-state index contributed by atoms with van der Waals surface area (Å²) in [4.78, 5) is 12.3. The van der Waals surface area contributed by atoms with Crippen LogP contribution in [0.3, 0.4) is 0 Å². The maximum absolute atomic E-state index is 12.3. The molecular weight excluding hydrogens is 284 g/mol. The summed E-state index contributed by atoms with van der Waals surface area (Å²) in [5.41, 5.74) is 3.34. The molecule has 0 saturated carbocycles. The van der Waals surface area contributed by atoms with Gasteiger partial charge in [0.05, 0.1) is 5.56 Å². The maximum atomic E-state index is 12.3. The van der Waals surface area contributed by atoms with E-state index in [1.165, 1.54) is 21.9 Å². The molecule has 1 unspecified atom stereocenters. The van der Waals surface area contributed by atoms with Crippen LogP contribution < -0.4 is 0 Å². The van der Waals surface area contributed by atoms with Gasteiger partial charge in [-0.15, -0.1) is 0 Å². The molecular formula is C21H18O2. The molecule has 0 fully saturated rings. The molecule has 2 nitrogen and oxygen atoms in total. The molecule has 114 valence electrons. The van der Waals surface area contributed by atoms with Crippen LogP contribution in [0.25, 0.3) is 10.8 Å². The van der Waals surface area contributed by atoms with Gasteiger partial charge in [0.1, 0.15) is 6.10 Å². The molecule has 0 heterocycles. The van der Waals surface area contributed by atoms with Crippen molar-refractivity contribution in [3.05, 3.63) is 83.4 Å². The Hall–Kier alpha value is -2.61. The fourth-order valence-electron chi connectivity index (χ4n) is 3.40. The zero-order valence-corrected chi connectivity index (χ0v) is 12.9. The largest absolute Gasteiger partial charge is 0.458 e. The third-order valence-electron chi connectivity index (χ3n) is 4.59. The van der Waals surface area contributed by atoms with Gasteiger partial charge >= 0.3 is 5.97 Å². The van der Waals surface area contributed by atoms with E-state index in [0.717, 1.165) is 19.3 Å². The van der Waals surface area contributed by atoms with Gasteiger partial charge in [0.2, 0.25) is 0 Å². The Bertz CT molecular complexity index is 852. The molecule has 3 aromatic carbocycles. The highest BCUT2D eigenvalue weighted by Crippen LogP contribution is 2.30. The van der Waals surface area contributed by atoms with Crippen molar-refractivity contribution in [1.29, 1.82) is 0 Å². The first-order chi connectivity index (χ1) is 11.3. The number of benzene rings is 3. The monoisotopic (exact) mass is 302 g/mol. The lowest BCUT2D eigenvalue weighted by molar-refractivity contribution is 0.0272. The van der Waals surface area contributed by atoms with Gasteiger partial charge in [-0.3, -0.25) is 0 Å². The zero-order chi connectivity index (χ0) is 15.6. The first-order valence-corrected chi connectivity index (χ1v) is 8.07. The van der Waals surface area contributed by atoms with Crippen LogP contribution in [0.15, 0.2) is 66.7 Å². The van der Waals surface area contributed by atoms with Crippen LogP contribution in [-0.4, -0.2) is 12.1 Å². The molecule has 4 rings (SSSR count). The minimum absolute atomic E-state index is 0.0407. The number of carbonyl (C=O) groups excluding carboxylic acids is 1. The highest BCUT2D eigenvalue weighted by atomic mass is 16.5. The van der Waals surface area contributed by atoms with E-state index >= 15 is 0 Å². The summed E-state index contributed by atoms with van der Waals surface area (Å²) >= 11 is 0. The fourth-order valence-corrected chi connectivity index (χ4v) is 3.40. The maximum Gasteiger partial charge on any atom is 0.338 e. The Labute approximate surface area is 135 Å². The fraction of sp³-hybridized carbons (Fsp3) is 0.190. The number of hydrogen-bond acceptors (Lipinski definition) is 2. The van der Waals surface area contributed by atoms with Gasteiger partial charge in [0.25, 0.3) is 0 Å². The smallest absolute Gasteiger partial charge is 0.338 e. The van der Waals surface area contributed by atoms with Crippen LogP contribution in [0.4, 0.5) is 0 Å². The van der Waals surface area contributed by atoms with Crippen LogP contribution >= 0.6 is 0 Å². The number of carbonyl (C=O) groups is 1. The third kappa shape index (κ3) is 2.72. The van der Waals surface area contributed by atoms with Crippen LogP contribution in [0.1, 0.15) is 27.9 Å². The minimum Gasteiger partial charge on any atom is -0.458 e. The molecule has 0 N–H and O–H groups in total. The molecule has 23 heavy (non-hydrogen) atoms. The Morgan fingerprint density at radius 2 is 1.70 bits per heavy atom. The van der Waals surface area contributed by atoms with Crippen molar-refractivity contribution in [1.82, 2.24) is 0 Å². The van der Waals surface area contributed by atoms with Crippen molar-refractivity contribution >= 4 is 16.7 Å². The van der Waals surface area contributed by atoms with Crippen LogP contribution in [-0.2, 0) is 17.6 Å².